The second-order valence-electron chi connectivity index (χ2n) is 8.14. The highest BCUT2D eigenvalue weighted by Gasteiger charge is 2.51. The maximum Gasteiger partial charge on any atom is 0.161 e. The van der Waals surface area contributed by atoms with Gasteiger partial charge in [-0.1, -0.05) is 6.07 Å². The number of rotatable bonds is 4. The van der Waals surface area contributed by atoms with Crippen molar-refractivity contribution < 1.29 is 9.47 Å². The van der Waals surface area contributed by atoms with Crippen LogP contribution in [0.15, 0.2) is 18.2 Å². The fourth-order valence-corrected chi connectivity index (χ4v) is 5.68. The van der Waals surface area contributed by atoms with Gasteiger partial charge in [0.25, 0.3) is 0 Å². The third-order valence-corrected chi connectivity index (χ3v) is 7.12. The van der Waals surface area contributed by atoms with Crippen molar-refractivity contribution in [2.75, 3.05) is 40.9 Å². The Morgan fingerprint density at radius 3 is 2.48 bits per heavy atom. The van der Waals surface area contributed by atoms with Crippen LogP contribution in [0, 0.1) is 0 Å². The molecular formula is C21H32N2O2. The lowest BCUT2D eigenvalue weighted by molar-refractivity contribution is 0.0961. The van der Waals surface area contributed by atoms with Gasteiger partial charge in [-0.3, -0.25) is 0 Å². The Bertz CT molecular complexity index is 614. The zero-order valence-electron chi connectivity index (χ0n) is 16.0. The molecule has 4 heteroatoms. The summed E-state index contributed by atoms with van der Waals surface area (Å²) in [4.78, 5) is 5.36. The summed E-state index contributed by atoms with van der Waals surface area (Å²) in [5.41, 5.74) is 1.73. The van der Waals surface area contributed by atoms with Gasteiger partial charge in [0.1, 0.15) is 0 Å². The Balaban J connectivity index is 1.63. The molecule has 0 radical (unpaired) electrons. The quantitative estimate of drug-likeness (QED) is 0.837. The van der Waals surface area contributed by atoms with E-state index in [1.54, 1.807) is 14.2 Å². The molecule has 4 nitrogen and oxygen atoms in total. The zero-order chi connectivity index (χ0) is 17.4. The highest BCUT2D eigenvalue weighted by atomic mass is 16.5. The molecule has 25 heavy (non-hydrogen) atoms. The Morgan fingerprint density at radius 2 is 1.76 bits per heavy atom. The van der Waals surface area contributed by atoms with Crippen LogP contribution in [0.2, 0.25) is 0 Å². The summed E-state index contributed by atoms with van der Waals surface area (Å²) in [6.45, 7) is 3.82. The fraction of sp³-hybridized carbons (Fsp3) is 0.714. The van der Waals surface area contributed by atoms with Crippen molar-refractivity contribution in [1.82, 2.24) is 9.80 Å². The summed E-state index contributed by atoms with van der Waals surface area (Å²) in [7, 11) is 5.77. The minimum atomic E-state index is 0.282. The highest BCUT2D eigenvalue weighted by molar-refractivity contribution is 5.46. The number of nitrogens with zero attached hydrogens (tertiary/aromatic N) is 2. The van der Waals surface area contributed by atoms with E-state index < -0.39 is 0 Å². The zero-order valence-corrected chi connectivity index (χ0v) is 16.0. The largest absolute Gasteiger partial charge is 0.493 e. The van der Waals surface area contributed by atoms with Gasteiger partial charge in [-0.05, 0) is 82.9 Å². The fourth-order valence-electron chi connectivity index (χ4n) is 5.68. The normalized spacial score (nSPS) is 33.4. The third kappa shape index (κ3) is 2.83. The Kier molecular flexibility index (Phi) is 4.67. The summed E-state index contributed by atoms with van der Waals surface area (Å²) in [6, 6.07) is 8.03. The molecule has 0 N–H and O–H groups in total. The minimum absolute atomic E-state index is 0.282. The Hall–Kier alpha value is -1.26. The van der Waals surface area contributed by atoms with Gasteiger partial charge in [0, 0.05) is 17.5 Å². The molecular weight excluding hydrogens is 312 g/mol. The molecule has 0 amide bonds. The van der Waals surface area contributed by atoms with E-state index in [9.17, 15) is 0 Å². The average Bonchev–Trinajstić information content (AvgIpc) is 3.30. The molecule has 3 aliphatic rings. The van der Waals surface area contributed by atoms with Gasteiger partial charge in [0.15, 0.2) is 11.5 Å². The van der Waals surface area contributed by atoms with Crippen LogP contribution in [-0.2, 0) is 5.41 Å². The van der Waals surface area contributed by atoms with Crippen LogP contribution in [0.5, 0.6) is 11.5 Å². The van der Waals surface area contributed by atoms with Crippen molar-refractivity contribution in [3.63, 3.8) is 0 Å². The summed E-state index contributed by atoms with van der Waals surface area (Å²) < 4.78 is 11.0. The number of methoxy groups -OCH3 is 2. The predicted octanol–water partition coefficient (Wildman–Crippen LogP) is 3.29. The first-order valence-corrected chi connectivity index (χ1v) is 9.85. The maximum atomic E-state index is 5.60. The molecule has 2 aliphatic heterocycles. The molecule has 1 unspecified atom stereocenters. The van der Waals surface area contributed by atoms with Gasteiger partial charge in [-0.25, -0.2) is 0 Å². The van der Waals surface area contributed by atoms with Crippen LogP contribution in [0.25, 0.3) is 0 Å². The van der Waals surface area contributed by atoms with E-state index in [0.717, 1.165) is 17.5 Å². The van der Waals surface area contributed by atoms with Crippen LogP contribution < -0.4 is 9.47 Å². The smallest absolute Gasteiger partial charge is 0.161 e. The van der Waals surface area contributed by atoms with Crippen LogP contribution in [0.3, 0.4) is 0 Å². The van der Waals surface area contributed by atoms with Crippen LogP contribution in [0.4, 0.5) is 0 Å². The van der Waals surface area contributed by atoms with E-state index in [1.807, 2.05) is 0 Å². The van der Waals surface area contributed by atoms with Gasteiger partial charge in [0.2, 0.25) is 0 Å². The monoisotopic (exact) mass is 344 g/mol. The van der Waals surface area contributed by atoms with Gasteiger partial charge in [-0.2, -0.15) is 0 Å². The second-order valence-corrected chi connectivity index (χ2v) is 8.14. The Morgan fingerprint density at radius 1 is 1.00 bits per heavy atom. The van der Waals surface area contributed by atoms with Crippen molar-refractivity contribution in [2.45, 2.75) is 56.0 Å². The lowest BCUT2D eigenvalue weighted by atomic mass is 9.65. The third-order valence-electron chi connectivity index (χ3n) is 7.12. The number of ether oxygens (including phenoxy) is 2. The van der Waals surface area contributed by atoms with Crippen LogP contribution in [0.1, 0.15) is 44.1 Å². The molecule has 0 aromatic heterocycles. The molecule has 1 aromatic rings. The number of fused-ring (bicyclic) bond motifs is 1. The first-order chi connectivity index (χ1) is 12.2. The molecule has 1 aromatic carbocycles. The standard InChI is InChI=1S/C21H32N2O2/c1-22-13-10-21(16-6-7-18(24-2)19(14-16)25-3)9-8-17(15-20(21)22)23-11-4-5-12-23/h6-7,14,17,20H,4-5,8-13,15H2,1-3H3/t17?,20-,21-/m0/s1. The number of likely N-dealkylation sites (N-methyl/N-ethyl adjacent to an activating group) is 1. The van der Waals surface area contributed by atoms with Crippen LogP contribution >= 0.6 is 0 Å². The van der Waals surface area contributed by atoms with Crippen molar-refractivity contribution in [3.8, 4) is 11.5 Å². The van der Waals surface area contributed by atoms with E-state index in [1.165, 1.54) is 63.7 Å². The molecule has 4 rings (SSSR count). The van der Waals surface area contributed by atoms with Crippen LogP contribution in [-0.4, -0.2) is 62.8 Å². The number of hydrogen-bond donors (Lipinski definition) is 0. The van der Waals surface area contributed by atoms with E-state index in [2.05, 4.69) is 35.0 Å². The molecule has 1 saturated carbocycles. The molecule has 2 heterocycles. The summed E-state index contributed by atoms with van der Waals surface area (Å²) in [5.74, 6) is 1.70. The molecule has 0 bridgehead atoms. The molecule has 1 aliphatic carbocycles. The molecule has 138 valence electrons. The lowest BCUT2D eigenvalue weighted by Gasteiger charge is -2.47. The average molecular weight is 344 g/mol. The van der Waals surface area contributed by atoms with Crippen molar-refractivity contribution in [3.05, 3.63) is 23.8 Å². The SMILES string of the molecule is COc1ccc([C@@]23CCC(N4CCCC4)C[C@@H]2N(C)CC3)cc1OC. The Labute approximate surface area is 152 Å². The number of hydrogen-bond acceptors (Lipinski definition) is 4. The van der Waals surface area contributed by atoms with Crippen molar-refractivity contribution >= 4 is 0 Å². The number of benzene rings is 1. The summed E-state index contributed by atoms with van der Waals surface area (Å²) in [5, 5.41) is 0. The molecule has 3 fully saturated rings. The highest BCUT2D eigenvalue weighted by Crippen LogP contribution is 2.50. The van der Waals surface area contributed by atoms with E-state index >= 15 is 0 Å². The number of likely N-dealkylation sites (tertiary alicyclic amines) is 2. The lowest BCUT2D eigenvalue weighted by Crippen LogP contribution is -2.51. The van der Waals surface area contributed by atoms with E-state index in [4.69, 9.17) is 9.47 Å². The predicted molar refractivity (Wildman–Crippen MR) is 101 cm³/mol. The first-order valence-electron chi connectivity index (χ1n) is 9.85. The second kappa shape index (κ2) is 6.81. The molecule has 0 spiro atoms. The van der Waals surface area contributed by atoms with Gasteiger partial charge in [-0.15, -0.1) is 0 Å². The first kappa shape index (κ1) is 17.2. The van der Waals surface area contributed by atoms with Gasteiger partial charge in [0.05, 0.1) is 14.2 Å². The summed E-state index contributed by atoms with van der Waals surface area (Å²) in [6.07, 6.45) is 7.97. The van der Waals surface area contributed by atoms with E-state index in [-0.39, 0.29) is 5.41 Å². The maximum absolute atomic E-state index is 5.60. The molecule has 2 saturated heterocycles. The van der Waals surface area contributed by atoms with Gasteiger partial charge < -0.3 is 19.3 Å². The van der Waals surface area contributed by atoms with Crippen molar-refractivity contribution in [2.24, 2.45) is 0 Å². The van der Waals surface area contributed by atoms with Gasteiger partial charge >= 0.3 is 0 Å². The van der Waals surface area contributed by atoms with Crippen molar-refractivity contribution in [1.29, 1.82) is 0 Å². The topological polar surface area (TPSA) is 24.9 Å². The van der Waals surface area contributed by atoms with E-state index in [0.29, 0.717) is 6.04 Å². The summed E-state index contributed by atoms with van der Waals surface area (Å²) >= 11 is 0. The minimum Gasteiger partial charge on any atom is -0.493 e. The molecule has 3 atom stereocenters.